The third-order valence-corrected chi connectivity index (χ3v) is 4.45. The average Bonchev–Trinajstić information content (AvgIpc) is 2.58. The number of benzene rings is 1. The van der Waals surface area contributed by atoms with Gasteiger partial charge in [0, 0.05) is 31.4 Å². The van der Waals surface area contributed by atoms with Crippen LogP contribution < -0.4 is 15.8 Å². The SMILES string of the molecule is Cc1ccn(CC(=O)N[C@H]2CCCN(c3ccccc3F)C2)c(=O)c1. The van der Waals surface area contributed by atoms with Crippen LogP contribution in [-0.2, 0) is 11.3 Å². The van der Waals surface area contributed by atoms with Gasteiger partial charge in [-0.15, -0.1) is 0 Å². The van der Waals surface area contributed by atoms with Crippen LogP contribution in [0.1, 0.15) is 18.4 Å². The second-order valence-corrected chi connectivity index (χ2v) is 6.47. The maximum Gasteiger partial charge on any atom is 0.251 e. The average molecular weight is 343 g/mol. The van der Waals surface area contributed by atoms with Crippen molar-refractivity contribution >= 4 is 11.6 Å². The van der Waals surface area contributed by atoms with E-state index in [1.165, 1.54) is 16.7 Å². The van der Waals surface area contributed by atoms with E-state index in [1.807, 2.05) is 17.9 Å². The Balaban J connectivity index is 1.61. The summed E-state index contributed by atoms with van der Waals surface area (Å²) in [6.07, 6.45) is 3.35. The molecule has 0 aliphatic carbocycles. The maximum absolute atomic E-state index is 14.0. The lowest BCUT2D eigenvalue weighted by molar-refractivity contribution is -0.122. The van der Waals surface area contributed by atoms with Gasteiger partial charge in [0.25, 0.3) is 5.56 Å². The van der Waals surface area contributed by atoms with Gasteiger partial charge in [-0.05, 0) is 43.5 Å². The van der Waals surface area contributed by atoms with Crippen LogP contribution in [0.15, 0.2) is 47.4 Å². The van der Waals surface area contributed by atoms with E-state index in [2.05, 4.69) is 5.32 Å². The predicted octanol–water partition coefficient (Wildman–Crippen LogP) is 2.08. The lowest BCUT2D eigenvalue weighted by Crippen LogP contribution is -2.49. The lowest BCUT2D eigenvalue weighted by Gasteiger charge is -2.35. The van der Waals surface area contributed by atoms with Crippen molar-refractivity contribution in [3.05, 3.63) is 64.3 Å². The molecule has 6 heteroatoms. The van der Waals surface area contributed by atoms with Gasteiger partial charge in [0.1, 0.15) is 12.4 Å². The van der Waals surface area contributed by atoms with E-state index in [4.69, 9.17) is 0 Å². The Hall–Kier alpha value is -2.63. The molecule has 1 aliphatic heterocycles. The molecule has 3 rings (SSSR count). The van der Waals surface area contributed by atoms with Crippen LogP contribution >= 0.6 is 0 Å². The zero-order valence-electron chi connectivity index (χ0n) is 14.2. The largest absolute Gasteiger partial charge is 0.367 e. The van der Waals surface area contributed by atoms with Crippen molar-refractivity contribution in [1.29, 1.82) is 0 Å². The van der Waals surface area contributed by atoms with Gasteiger partial charge >= 0.3 is 0 Å². The topological polar surface area (TPSA) is 54.3 Å². The molecule has 1 amide bonds. The van der Waals surface area contributed by atoms with Gasteiger partial charge in [0.15, 0.2) is 0 Å². The number of aromatic nitrogens is 1. The number of para-hydroxylation sites is 1. The molecule has 1 aromatic heterocycles. The van der Waals surface area contributed by atoms with E-state index in [9.17, 15) is 14.0 Å². The predicted molar refractivity (Wildman–Crippen MR) is 95.2 cm³/mol. The minimum Gasteiger partial charge on any atom is -0.367 e. The van der Waals surface area contributed by atoms with Crippen molar-refractivity contribution in [3.8, 4) is 0 Å². The fourth-order valence-corrected chi connectivity index (χ4v) is 3.19. The van der Waals surface area contributed by atoms with E-state index in [0.717, 1.165) is 24.9 Å². The maximum atomic E-state index is 14.0. The molecule has 0 saturated carbocycles. The van der Waals surface area contributed by atoms with Crippen LogP contribution in [0.4, 0.5) is 10.1 Å². The first kappa shape index (κ1) is 17.2. The molecule has 2 aromatic rings. The van der Waals surface area contributed by atoms with Gasteiger partial charge in [0.2, 0.25) is 5.91 Å². The zero-order chi connectivity index (χ0) is 17.8. The number of carbonyl (C=O) groups is 1. The van der Waals surface area contributed by atoms with Gasteiger partial charge < -0.3 is 14.8 Å². The third-order valence-electron chi connectivity index (χ3n) is 4.45. The molecule has 1 aliphatic rings. The van der Waals surface area contributed by atoms with E-state index in [-0.39, 0.29) is 29.9 Å². The standard InChI is InChI=1S/C19H22FN3O2/c1-14-8-10-23(19(25)11-14)13-18(24)21-15-5-4-9-22(12-15)17-7-3-2-6-16(17)20/h2-3,6-8,10-11,15H,4-5,9,12-13H2,1H3,(H,21,24)/t15-/m0/s1. The second kappa shape index (κ2) is 7.51. The van der Waals surface area contributed by atoms with Crippen molar-refractivity contribution in [2.45, 2.75) is 32.4 Å². The summed E-state index contributed by atoms with van der Waals surface area (Å²) in [6, 6.07) is 9.93. The first-order valence-electron chi connectivity index (χ1n) is 8.49. The van der Waals surface area contributed by atoms with Crippen LogP contribution in [-0.4, -0.2) is 29.6 Å². The molecule has 0 bridgehead atoms. The number of aryl methyl sites for hydroxylation is 1. The molecule has 1 fully saturated rings. The molecule has 25 heavy (non-hydrogen) atoms. The van der Waals surface area contributed by atoms with Gasteiger partial charge in [-0.1, -0.05) is 12.1 Å². The molecule has 132 valence electrons. The minimum atomic E-state index is -0.249. The fraction of sp³-hybridized carbons (Fsp3) is 0.368. The molecule has 5 nitrogen and oxygen atoms in total. The molecule has 1 saturated heterocycles. The highest BCUT2D eigenvalue weighted by molar-refractivity contribution is 5.76. The Morgan fingerprint density at radius 3 is 2.88 bits per heavy atom. The summed E-state index contributed by atoms with van der Waals surface area (Å²) >= 11 is 0. The highest BCUT2D eigenvalue weighted by atomic mass is 19.1. The summed E-state index contributed by atoms with van der Waals surface area (Å²) in [7, 11) is 0. The van der Waals surface area contributed by atoms with Crippen molar-refractivity contribution < 1.29 is 9.18 Å². The number of amides is 1. The van der Waals surface area contributed by atoms with Crippen LogP contribution in [0, 0.1) is 12.7 Å². The Morgan fingerprint density at radius 1 is 1.32 bits per heavy atom. The van der Waals surface area contributed by atoms with Crippen LogP contribution in [0.5, 0.6) is 0 Å². The fourth-order valence-electron chi connectivity index (χ4n) is 3.19. The highest BCUT2D eigenvalue weighted by Gasteiger charge is 2.23. The van der Waals surface area contributed by atoms with E-state index in [0.29, 0.717) is 12.2 Å². The van der Waals surface area contributed by atoms with E-state index < -0.39 is 0 Å². The smallest absolute Gasteiger partial charge is 0.251 e. The quantitative estimate of drug-likeness (QED) is 0.925. The number of carbonyl (C=O) groups excluding carboxylic acids is 1. The molecule has 0 spiro atoms. The summed E-state index contributed by atoms with van der Waals surface area (Å²) in [5.74, 6) is -0.452. The number of pyridine rings is 1. The van der Waals surface area contributed by atoms with Crippen LogP contribution in [0.2, 0.25) is 0 Å². The van der Waals surface area contributed by atoms with Crippen LogP contribution in [0.25, 0.3) is 0 Å². The number of anilines is 1. The van der Waals surface area contributed by atoms with Crippen LogP contribution in [0.3, 0.4) is 0 Å². The number of hydrogen-bond donors (Lipinski definition) is 1. The summed E-state index contributed by atoms with van der Waals surface area (Å²) in [5.41, 5.74) is 1.25. The highest BCUT2D eigenvalue weighted by Crippen LogP contribution is 2.22. The summed E-state index contributed by atoms with van der Waals surface area (Å²) in [4.78, 5) is 26.1. The van der Waals surface area contributed by atoms with Crippen molar-refractivity contribution in [2.75, 3.05) is 18.0 Å². The molecular formula is C19H22FN3O2. The molecule has 1 aromatic carbocycles. The number of halogens is 1. The Morgan fingerprint density at radius 2 is 2.12 bits per heavy atom. The van der Waals surface area contributed by atoms with Gasteiger partial charge in [0.05, 0.1) is 5.69 Å². The Labute approximate surface area is 146 Å². The molecule has 1 N–H and O–H groups in total. The zero-order valence-corrected chi connectivity index (χ0v) is 14.2. The molecule has 0 radical (unpaired) electrons. The van der Waals surface area contributed by atoms with Crippen molar-refractivity contribution in [1.82, 2.24) is 9.88 Å². The van der Waals surface area contributed by atoms with Gasteiger partial charge in [-0.2, -0.15) is 0 Å². The lowest BCUT2D eigenvalue weighted by atomic mass is 10.0. The summed E-state index contributed by atoms with van der Waals surface area (Å²) < 4.78 is 15.3. The summed E-state index contributed by atoms with van der Waals surface area (Å²) in [6.45, 7) is 3.17. The molecule has 1 atom stereocenters. The second-order valence-electron chi connectivity index (χ2n) is 6.47. The monoisotopic (exact) mass is 343 g/mol. The number of hydrogen-bond acceptors (Lipinski definition) is 3. The summed E-state index contributed by atoms with van der Waals surface area (Å²) in [5, 5.41) is 2.97. The van der Waals surface area contributed by atoms with Gasteiger partial charge in [-0.25, -0.2) is 4.39 Å². The first-order chi connectivity index (χ1) is 12.0. The minimum absolute atomic E-state index is 0.00465. The van der Waals surface area contributed by atoms with Gasteiger partial charge in [-0.3, -0.25) is 9.59 Å². The number of rotatable bonds is 4. The van der Waals surface area contributed by atoms with Crippen molar-refractivity contribution in [3.63, 3.8) is 0 Å². The normalized spacial score (nSPS) is 17.4. The molecule has 0 unspecified atom stereocenters. The number of piperidine rings is 1. The van der Waals surface area contributed by atoms with E-state index in [1.54, 1.807) is 24.4 Å². The number of nitrogens with one attached hydrogen (secondary N) is 1. The Bertz CT molecular complexity index is 818. The molecular weight excluding hydrogens is 321 g/mol. The van der Waals surface area contributed by atoms with E-state index >= 15 is 0 Å². The van der Waals surface area contributed by atoms with Crippen molar-refractivity contribution in [2.24, 2.45) is 0 Å². The Kier molecular flexibility index (Phi) is 5.16. The first-order valence-corrected chi connectivity index (χ1v) is 8.49. The molecule has 2 heterocycles. The number of nitrogens with zero attached hydrogens (tertiary/aromatic N) is 2. The third kappa shape index (κ3) is 4.26.